The Hall–Kier alpha value is -0.160. The molecular formula is C15H22FIO. The number of benzene rings is 1. The molecular weight excluding hydrogens is 342 g/mol. The summed E-state index contributed by atoms with van der Waals surface area (Å²) in [6.07, 6.45) is 2.20. The van der Waals surface area contributed by atoms with Gasteiger partial charge in [0.15, 0.2) is 0 Å². The van der Waals surface area contributed by atoms with E-state index in [1.165, 1.54) is 6.07 Å². The lowest BCUT2D eigenvalue weighted by Gasteiger charge is -2.30. The molecule has 1 rings (SSSR count). The Morgan fingerprint density at radius 3 is 2.39 bits per heavy atom. The van der Waals surface area contributed by atoms with E-state index in [4.69, 9.17) is 4.74 Å². The first-order valence-electron chi connectivity index (χ1n) is 6.52. The molecule has 0 aliphatic carbocycles. The third kappa shape index (κ3) is 3.92. The number of hydrogen-bond acceptors (Lipinski definition) is 1. The molecule has 1 aromatic rings. The van der Waals surface area contributed by atoms with Gasteiger partial charge >= 0.3 is 0 Å². The maximum absolute atomic E-state index is 13.9. The zero-order valence-corrected chi connectivity index (χ0v) is 13.5. The standard InChI is InChI=1S/C15H22FIO/c1-4-12(5-2)10-18-15(3,11-17)13-8-6-7-9-14(13)16/h6-9,12H,4-5,10-11H2,1-3H3. The lowest BCUT2D eigenvalue weighted by Crippen LogP contribution is -2.31. The van der Waals surface area contributed by atoms with Crippen molar-refractivity contribution in [3.05, 3.63) is 35.6 Å². The molecule has 0 aliphatic heterocycles. The molecule has 0 aromatic heterocycles. The van der Waals surface area contributed by atoms with Gasteiger partial charge in [-0.15, -0.1) is 0 Å². The first-order chi connectivity index (χ1) is 8.57. The van der Waals surface area contributed by atoms with Crippen LogP contribution in [0.15, 0.2) is 24.3 Å². The largest absolute Gasteiger partial charge is 0.369 e. The lowest BCUT2D eigenvalue weighted by atomic mass is 9.96. The van der Waals surface area contributed by atoms with Crippen molar-refractivity contribution < 1.29 is 9.13 Å². The Kier molecular flexibility index (Phi) is 6.57. The monoisotopic (exact) mass is 364 g/mol. The molecule has 0 radical (unpaired) electrons. The molecule has 18 heavy (non-hydrogen) atoms. The van der Waals surface area contributed by atoms with Crippen LogP contribution < -0.4 is 0 Å². The average Bonchev–Trinajstić information content (AvgIpc) is 2.40. The SMILES string of the molecule is CCC(CC)COC(C)(CI)c1ccccc1F. The predicted molar refractivity (Wildman–Crippen MR) is 82.7 cm³/mol. The van der Waals surface area contributed by atoms with Crippen molar-refractivity contribution in [2.75, 3.05) is 11.0 Å². The number of ether oxygens (including phenoxy) is 1. The molecule has 0 heterocycles. The molecule has 0 spiro atoms. The van der Waals surface area contributed by atoms with Crippen LogP contribution in [0.1, 0.15) is 39.2 Å². The quantitative estimate of drug-likeness (QED) is 0.493. The Labute approximate surface area is 123 Å². The predicted octanol–water partition coefficient (Wildman–Crippen LogP) is 4.93. The summed E-state index contributed by atoms with van der Waals surface area (Å²) >= 11 is 2.27. The molecule has 1 atom stereocenters. The zero-order valence-electron chi connectivity index (χ0n) is 11.4. The van der Waals surface area contributed by atoms with Crippen LogP contribution in [-0.4, -0.2) is 11.0 Å². The van der Waals surface area contributed by atoms with Gasteiger partial charge in [-0.2, -0.15) is 0 Å². The Morgan fingerprint density at radius 2 is 1.89 bits per heavy atom. The molecule has 0 bridgehead atoms. The molecule has 1 unspecified atom stereocenters. The van der Waals surface area contributed by atoms with Crippen LogP contribution in [-0.2, 0) is 10.3 Å². The van der Waals surface area contributed by atoms with Gasteiger partial charge in [-0.05, 0) is 18.9 Å². The third-order valence-electron chi connectivity index (χ3n) is 3.49. The maximum Gasteiger partial charge on any atom is 0.129 e. The van der Waals surface area contributed by atoms with Crippen molar-refractivity contribution in [1.82, 2.24) is 0 Å². The van der Waals surface area contributed by atoms with Crippen molar-refractivity contribution in [3.8, 4) is 0 Å². The summed E-state index contributed by atoms with van der Waals surface area (Å²) in [7, 11) is 0. The summed E-state index contributed by atoms with van der Waals surface area (Å²) < 4.78 is 20.7. The van der Waals surface area contributed by atoms with Gasteiger partial charge in [0.25, 0.3) is 0 Å². The van der Waals surface area contributed by atoms with Gasteiger partial charge in [-0.3, -0.25) is 0 Å². The minimum Gasteiger partial charge on any atom is -0.369 e. The Bertz CT molecular complexity index is 365. The van der Waals surface area contributed by atoms with E-state index in [-0.39, 0.29) is 5.82 Å². The van der Waals surface area contributed by atoms with Gasteiger partial charge in [-0.25, -0.2) is 4.39 Å². The van der Waals surface area contributed by atoms with E-state index in [2.05, 4.69) is 36.4 Å². The molecule has 1 aromatic carbocycles. The first kappa shape index (κ1) is 15.9. The molecule has 102 valence electrons. The third-order valence-corrected chi connectivity index (χ3v) is 4.95. The van der Waals surface area contributed by atoms with E-state index >= 15 is 0 Å². The van der Waals surface area contributed by atoms with Crippen LogP contribution in [0.25, 0.3) is 0 Å². The second-order valence-electron chi connectivity index (χ2n) is 4.84. The van der Waals surface area contributed by atoms with E-state index in [1.807, 2.05) is 19.1 Å². The van der Waals surface area contributed by atoms with Crippen LogP contribution in [0.3, 0.4) is 0 Å². The van der Waals surface area contributed by atoms with E-state index in [1.54, 1.807) is 6.07 Å². The van der Waals surface area contributed by atoms with Gasteiger partial charge < -0.3 is 4.74 Å². The average molecular weight is 364 g/mol. The number of halogens is 2. The molecule has 0 amide bonds. The Balaban J connectivity index is 2.83. The van der Waals surface area contributed by atoms with E-state index in [0.29, 0.717) is 18.1 Å². The summed E-state index contributed by atoms with van der Waals surface area (Å²) in [6, 6.07) is 6.90. The van der Waals surface area contributed by atoms with Crippen LogP contribution >= 0.6 is 22.6 Å². The summed E-state index contributed by atoms with van der Waals surface area (Å²) in [5.74, 6) is 0.375. The molecule has 1 nitrogen and oxygen atoms in total. The smallest absolute Gasteiger partial charge is 0.129 e. The highest BCUT2D eigenvalue weighted by molar-refractivity contribution is 14.1. The summed E-state index contributed by atoms with van der Waals surface area (Å²) in [5.41, 5.74) is 0.124. The molecule has 0 fully saturated rings. The van der Waals surface area contributed by atoms with Gasteiger partial charge in [0, 0.05) is 9.99 Å². The van der Waals surface area contributed by atoms with Crippen molar-refractivity contribution in [2.24, 2.45) is 5.92 Å². The van der Waals surface area contributed by atoms with Gasteiger partial charge in [0.1, 0.15) is 11.4 Å². The van der Waals surface area contributed by atoms with Gasteiger partial charge in [0.2, 0.25) is 0 Å². The molecule has 0 N–H and O–H groups in total. The van der Waals surface area contributed by atoms with E-state index in [9.17, 15) is 4.39 Å². The van der Waals surface area contributed by atoms with Crippen LogP contribution in [0.5, 0.6) is 0 Å². The number of rotatable bonds is 7. The maximum atomic E-state index is 13.9. The molecule has 0 saturated heterocycles. The second-order valence-corrected chi connectivity index (χ2v) is 5.60. The van der Waals surface area contributed by atoms with Crippen LogP contribution in [0, 0.1) is 11.7 Å². The van der Waals surface area contributed by atoms with Crippen molar-refractivity contribution in [1.29, 1.82) is 0 Å². The van der Waals surface area contributed by atoms with Crippen molar-refractivity contribution in [3.63, 3.8) is 0 Å². The van der Waals surface area contributed by atoms with Gasteiger partial charge in [0.05, 0.1) is 6.61 Å². The highest BCUT2D eigenvalue weighted by Gasteiger charge is 2.29. The second kappa shape index (κ2) is 7.43. The normalized spacial score (nSPS) is 14.8. The summed E-state index contributed by atoms with van der Waals surface area (Å²) in [5, 5.41) is 0. The fourth-order valence-electron chi connectivity index (χ4n) is 1.90. The van der Waals surface area contributed by atoms with Crippen LogP contribution in [0.2, 0.25) is 0 Å². The zero-order chi connectivity index (χ0) is 13.6. The first-order valence-corrected chi connectivity index (χ1v) is 8.04. The van der Waals surface area contributed by atoms with E-state index in [0.717, 1.165) is 17.3 Å². The fourth-order valence-corrected chi connectivity index (χ4v) is 2.54. The highest BCUT2D eigenvalue weighted by atomic mass is 127. The molecule has 0 aliphatic rings. The van der Waals surface area contributed by atoms with Crippen molar-refractivity contribution in [2.45, 2.75) is 39.2 Å². The molecule has 3 heteroatoms. The van der Waals surface area contributed by atoms with Gasteiger partial charge in [-0.1, -0.05) is 67.5 Å². The fraction of sp³-hybridized carbons (Fsp3) is 0.600. The Morgan fingerprint density at radius 1 is 1.28 bits per heavy atom. The topological polar surface area (TPSA) is 9.23 Å². The number of alkyl halides is 1. The minimum atomic E-state index is -0.533. The highest BCUT2D eigenvalue weighted by Crippen LogP contribution is 2.30. The van der Waals surface area contributed by atoms with Crippen molar-refractivity contribution >= 4 is 22.6 Å². The minimum absolute atomic E-state index is 0.179. The lowest BCUT2D eigenvalue weighted by molar-refractivity contribution is -0.0371. The van der Waals surface area contributed by atoms with Crippen LogP contribution in [0.4, 0.5) is 4.39 Å². The van der Waals surface area contributed by atoms with E-state index < -0.39 is 5.60 Å². The molecule has 0 saturated carbocycles. The summed E-state index contributed by atoms with van der Waals surface area (Å²) in [4.78, 5) is 0. The number of hydrogen-bond donors (Lipinski definition) is 0. The summed E-state index contributed by atoms with van der Waals surface area (Å²) in [6.45, 7) is 7.01.